The Balaban J connectivity index is 1.90. The van der Waals surface area contributed by atoms with Crippen LogP contribution in [0.2, 0.25) is 0 Å². The van der Waals surface area contributed by atoms with Gasteiger partial charge in [-0.2, -0.15) is 0 Å². The number of carbonyl (C=O) groups excluding carboxylic acids is 1. The smallest absolute Gasteiger partial charge is 0.338 e. The van der Waals surface area contributed by atoms with Gasteiger partial charge in [-0.15, -0.1) is 0 Å². The number of benzene rings is 2. The minimum Gasteiger partial charge on any atom is -0.457 e. The second-order valence-corrected chi connectivity index (χ2v) is 6.47. The van der Waals surface area contributed by atoms with E-state index < -0.39 is 11.6 Å². The van der Waals surface area contributed by atoms with Crippen LogP contribution in [0, 0.1) is 13.8 Å². The average molecular weight is 387 g/mol. The number of fused-ring (bicyclic) bond motifs is 1. The van der Waals surface area contributed by atoms with E-state index in [0.717, 1.165) is 21.0 Å². The monoisotopic (exact) mass is 386 g/mol. The third kappa shape index (κ3) is 3.26. The Morgan fingerprint density at radius 3 is 2.54 bits per heavy atom. The summed E-state index contributed by atoms with van der Waals surface area (Å²) >= 11 is 3.32. The molecule has 0 atom stereocenters. The first-order valence-corrected chi connectivity index (χ1v) is 8.20. The lowest BCUT2D eigenvalue weighted by Gasteiger charge is -2.10. The molecule has 0 saturated heterocycles. The summed E-state index contributed by atoms with van der Waals surface area (Å²) in [5, 5.41) is 0.779. The summed E-state index contributed by atoms with van der Waals surface area (Å²) in [6.45, 7) is 3.87. The van der Waals surface area contributed by atoms with Crippen molar-refractivity contribution in [2.24, 2.45) is 0 Å². The molecule has 0 unspecified atom stereocenters. The van der Waals surface area contributed by atoms with E-state index >= 15 is 0 Å². The van der Waals surface area contributed by atoms with Gasteiger partial charge in [-0.3, -0.25) is 0 Å². The van der Waals surface area contributed by atoms with E-state index in [9.17, 15) is 9.59 Å². The van der Waals surface area contributed by atoms with E-state index in [-0.39, 0.29) is 6.61 Å². The molecule has 0 N–H and O–H groups in total. The number of hydrogen-bond donors (Lipinski definition) is 0. The molecule has 0 aliphatic heterocycles. The first-order chi connectivity index (χ1) is 11.5. The molecule has 0 saturated carbocycles. The molecule has 5 heteroatoms. The normalized spacial score (nSPS) is 10.8. The lowest BCUT2D eigenvalue weighted by Crippen LogP contribution is -2.08. The Morgan fingerprint density at radius 1 is 1.12 bits per heavy atom. The van der Waals surface area contributed by atoms with Crippen molar-refractivity contribution < 1.29 is 13.9 Å². The highest BCUT2D eigenvalue weighted by Crippen LogP contribution is 2.24. The summed E-state index contributed by atoms with van der Waals surface area (Å²) in [5.41, 5.74) is 3.12. The molecule has 0 radical (unpaired) electrons. The van der Waals surface area contributed by atoms with E-state index in [2.05, 4.69) is 15.9 Å². The molecule has 3 rings (SSSR count). The predicted octanol–water partition coefficient (Wildman–Crippen LogP) is 4.53. The maximum atomic E-state index is 12.1. The minimum absolute atomic E-state index is 0.0134. The van der Waals surface area contributed by atoms with Crippen molar-refractivity contribution in [1.82, 2.24) is 0 Å². The quantitative estimate of drug-likeness (QED) is 0.490. The molecule has 3 aromatic rings. The zero-order valence-corrected chi connectivity index (χ0v) is 14.8. The number of hydrogen-bond acceptors (Lipinski definition) is 4. The van der Waals surface area contributed by atoms with E-state index in [0.29, 0.717) is 16.7 Å². The highest BCUT2D eigenvalue weighted by molar-refractivity contribution is 9.10. The van der Waals surface area contributed by atoms with Gasteiger partial charge in [-0.25, -0.2) is 9.59 Å². The number of ether oxygens (including phenoxy) is 1. The van der Waals surface area contributed by atoms with Crippen molar-refractivity contribution in [1.29, 1.82) is 0 Å². The number of aryl methyl sites for hydroxylation is 2. The van der Waals surface area contributed by atoms with Gasteiger partial charge in [-0.05, 0) is 49.2 Å². The van der Waals surface area contributed by atoms with Gasteiger partial charge < -0.3 is 9.15 Å². The Kier molecular flexibility index (Phi) is 4.53. The van der Waals surface area contributed by atoms with Crippen molar-refractivity contribution in [2.45, 2.75) is 20.5 Å². The van der Waals surface area contributed by atoms with Gasteiger partial charge in [0.15, 0.2) is 0 Å². The maximum absolute atomic E-state index is 12.1. The number of esters is 1. The third-order valence-electron chi connectivity index (χ3n) is 3.96. The van der Waals surface area contributed by atoms with Crippen LogP contribution in [0.25, 0.3) is 11.0 Å². The fourth-order valence-electron chi connectivity index (χ4n) is 2.46. The number of carbonyl (C=O) groups is 1. The Morgan fingerprint density at radius 2 is 1.83 bits per heavy atom. The third-order valence-corrected chi connectivity index (χ3v) is 4.48. The van der Waals surface area contributed by atoms with Crippen LogP contribution in [-0.4, -0.2) is 5.97 Å². The maximum Gasteiger partial charge on any atom is 0.338 e. The van der Waals surface area contributed by atoms with Crippen LogP contribution in [0.5, 0.6) is 0 Å². The molecular formula is C19H15BrO4. The zero-order chi connectivity index (χ0) is 17.3. The van der Waals surface area contributed by atoms with Gasteiger partial charge in [0.1, 0.15) is 12.2 Å². The van der Waals surface area contributed by atoms with Gasteiger partial charge in [0.05, 0.1) is 5.56 Å². The number of halogens is 1. The van der Waals surface area contributed by atoms with Crippen molar-refractivity contribution in [2.75, 3.05) is 0 Å². The summed E-state index contributed by atoms with van der Waals surface area (Å²) in [6.07, 6.45) is 0. The fraction of sp³-hybridized carbons (Fsp3) is 0.158. The minimum atomic E-state index is -0.453. The topological polar surface area (TPSA) is 56.5 Å². The SMILES string of the molecule is Cc1ccc2c(COC(=O)c3ccc(Br)cc3)cc(=O)oc2c1C. The van der Waals surface area contributed by atoms with Crippen molar-refractivity contribution in [3.63, 3.8) is 0 Å². The van der Waals surface area contributed by atoms with Gasteiger partial charge in [0.25, 0.3) is 0 Å². The predicted molar refractivity (Wildman–Crippen MR) is 95.2 cm³/mol. The highest BCUT2D eigenvalue weighted by atomic mass is 79.9. The Bertz CT molecular complexity index is 971. The van der Waals surface area contributed by atoms with Crippen LogP contribution in [0.3, 0.4) is 0 Å². The number of rotatable bonds is 3. The molecule has 0 aliphatic carbocycles. The molecule has 0 amide bonds. The summed E-state index contributed by atoms with van der Waals surface area (Å²) in [5.74, 6) is -0.437. The van der Waals surface area contributed by atoms with Crippen LogP contribution in [-0.2, 0) is 11.3 Å². The second-order valence-electron chi connectivity index (χ2n) is 5.56. The van der Waals surface area contributed by atoms with Gasteiger partial charge in [0, 0.05) is 21.5 Å². The average Bonchev–Trinajstić information content (AvgIpc) is 2.56. The van der Waals surface area contributed by atoms with Crippen molar-refractivity contribution in [3.8, 4) is 0 Å². The second kappa shape index (κ2) is 6.61. The van der Waals surface area contributed by atoms with Gasteiger partial charge in [0.2, 0.25) is 0 Å². The van der Waals surface area contributed by atoms with Crippen LogP contribution in [0.1, 0.15) is 27.0 Å². The molecule has 4 nitrogen and oxygen atoms in total. The van der Waals surface area contributed by atoms with Crippen LogP contribution in [0.4, 0.5) is 0 Å². The van der Waals surface area contributed by atoms with Crippen molar-refractivity contribution in [3.05, 3.63) is 79.6 Å². The van der Waals surface area contributed by atoms with E-state index in [4.69, 9.17) is 9.15 Å². The molecule has 1 heterocycles. The standard InChI is InChI=1S/C19H15BrO4/c1-11-3-8-16-14(9-17(21)24-18(16)12(11)2)10-23-19(22)13-4-6-15(20)7-5-13/h3-9H,10H2,1-2H3. The van der Waals surface area contributed by atoms with Gasteiger partial charge in [-0.1, -0.05) is 28.1 Å². The van der Waals surface area contributed by atoms with Crippen LogP contribution in [0.15, 0.2) is 56.1 Å². The Labute approximate surface area is 147 Å². The summed E-state index contributed by atoms with van der Waals surface area (Å²) < 4.78 is 11.6. The molecule has 0 aliphatic rings. The van der Waals surface area contributed by atoms with Crippen LogP contribution >= 0.6 is 15.9 Å². The molecule has 0 bridgehead atoms. The van der Waals surface area contributed by atoms with E-state index in [1.54, 1.807) is 24.3 Å². The molecule has 0 spiro atoms. The molecular weight excluding hydrogens is 372 g/mol. The largest absolute Gasteiger partial charge is 0.457 e. The first kappa shape index (κ1) is 16.5. The van der Waals surface area contributed by atoms with E-state index in [1.807, 2.05) is 26.0 Å². The van der Waals surface area contributed by atoms with Gasteiger partial charge >= 0.3 is 11.6 Å². The summed E-state index contributed by atoms with van der Waals surface area (Å²) in [4.78, 5) is 23.9. The zero-order valence-electron chi connectivity index (χ0n) is 13.3. The first-order valence-electron chi connectivity index (χ1n) is 7.41. The molecule has 2 aromatic carbocycles. The molecule has 0 fully saturated rings. The van der Waals surface area contributed by atoms with Crippen LogP contribution < -0.4 is 5.63 Å². The summed E-state index contributed by atoms with van der Waals surface area (Å²) in [6, 6.07) is 12.1. The lowest BCUT2D eigenvalue weighted by molar-refractivity contribution is 0.0474. The molecule has 122 valence electrons. The lowest BCUT2D eigenvalue weighted by atomic mass is 10.0. The fourth-order valence-corrected chi connectivity index (χ4v) is 2.72. The Hall–Kier alpha value is -2.40. The van der Waals surface area contributed by atoms with Crippen molar-refractivity contribution >= 4 is 32.9 Å². The highest BCUT2D eigenvalue weighted by Gasteiger charge is 2.12. The molecule has 24 heavy (non-hydrogen) atoms. The summed E-state index contributed by atoms with van der Waals surface area (Å²) in [7, 11) is 0. The molecule has 1 aromatic heterocycles. The van der Waals surface area contributed by atoms with E-state index in [1.165, 1.54) is 6.07 Å².